The molecule has 464 valence electrons. The normalized spacial score (nSPS) is 34.0. The quantitative estimate of drug-likeness (QED) is 0.0335. The summed E-state index contributed by atoms with van der Waals surface area (Å²) in [5.41, 5.74) is 5.49. The van der Waals surface area contributed by atoms with Gasteiger partial charge in [0.2, 0.25) is 10.2 Å². The van der Waals surface area contributed by atoms with Gasteiger partial charge in [-0.05, 0) is 208 Å². The van der Waals surface area contributed by atoms with Gasteiger partial charge in [0.25, 0.3) is 0 Å². The van der Waals surface area contributed by atoms with Crippen molar-refractivity contribution in [3.8, 4) is 17.4 Å². The molecular formula is C69H85N5O9S4. The number of esters is 1. The number of ether oxygens (including phenoxy) is 1. The van der Waals surface area contributed by atoms with Crippen molar-refractivity contribution in [2.24, 2.45) is 57.2 Å². The predicted molar refractivity (Wildman–Crippen MR) is 347 cm³/mol. The molecule has 87 heavy (non-hydrogen) atoms. The summed E-state index contributed by atoms with van der Waals surface area (Å²) in [4.78, 5) is 64.7. The van der Waals surface area contributed by atoms with Crippen LogP contribution in [0.4, 0.5) is 0 Å². The number of allylic oxidation sites excluding steroid dienone is 2. The molecule has 3 N–H and O–H groups in total. The van der Waals surface area contributed by atoms with Gasteiger partial charge in [-0.25, -0.2) is 9.36 Å². The lowest BCUT2D eigenvalue weighted by Gasteiger charge is -2.60. The van der Waals surface area contributed by atoms with Crippen molar-refractivity contribution in [3.05, 3.63) is 106 Å². The number of rotatable bonds is 17. The van der Waals surface area contributed by atoms with Crippen molar-refractivity contribution in [2.75, 3.05) is 29.8 Å². The number of carbonyl (C=O) groups is 5. The Kier molecular flexibility index (Phi) is 18.2. The van der Waals surface area contributed by atoms with Gasteiger partial charge in [0.15, 0.2) is 17.2 Å². The Bertz CT molecular complexity index is 3480. The maximum absolute atomic E-state index is 13.8. The average molecular weight is 1260 g/mol. The number of thiol groups is 1. The van der Waals surface area contributed by atoms with Crippen LogP contribution in [0.3, 0.4) is 0 Å². The fraction of sp³-hybridized carbons (Fsp3) is 0.594. The number of nitriles is 1. The standard InChI is InChI=1S/C37H45N3O5S2.C32H40N2O4S2/c1-5-32(43)45-37(34(44)47-17-15-38)14-13-28-27-12-11-25-19-29-24(20-35(25,2)33(27)31(42)21-36(28,37)3)22-39-40(29)26-9-6-8-23(18-26)30(41)10-7-16-46-4;1-30-16-20-18-33-34(22-7-4-6-19(14-22)26(35)8-5-13-40-3)25(20)15-21(30)9-10-23-24-11-12-32(38,29(37)39)31(24,2)17-27(36)28(23)30/h6,8-9,18-19,22,27-28,31,33,42H,5,7,10-14,16-17,20-21H2,1-4H3;4,6-7,14-15,18,23-24,27-28,36,38H,5,8-13,16-17H2,1-3H3,(H,37,39)/t27-,28-,31-,33+,35-,36-,37-;23-,24-,27-,28+,30-,31-,32-/m00/s1. The van der Waals surface area contributed by atoms with Crippen molar-refractivity contribution in [2.45, 2.75) is 167 Å². The van der Waals surface area contributed by atoms with Crippen LogP contribution in [0, 0.1) is 68.5 Å². The van der Waals surface area contributed by atoms with Crippen molar-refractivity contribution >= 4 is 87.8 Å². The van der Waals surface area contributed by atoms with Crippen LogP contribution < -0.4 is 0 Å². The molecule has 8 aliphatic carbocycles. The van der Waals surface area contributed by atoms with Gasteiger partial charge in [-0.15, -0.1) is 12.6 Å². The Morgan fingerprint density at radius 2 is 1.21 bits per heavy atom. The molecule has 18 heteroatoms. The Hall–Kier alpha value is -4.74. The van der Waals surface area contributed by atoms with Gasteiger partial charge in [-0.2, -0.15) is 39.0 Å². The minimum absolute atomic E-state index is 0.000647. The number of carbonyl (C=O) groups excluding carboxylic acids is 5. The van der Waals surface area contributed by atoms with Gasteiger partial charge in [0, 0.05) is 41.2 Å². The zero-order valence-electron chi connectivity index (χ0n) is 51.4. The first-order valence-electron chi connectivity index (χ1n) is 31.4. The van der Waals surface area contributed by atoms with Crippen LogP contribution in [0.25, 0.3) is 23.5 Å². The number of Topliss-reactive ketones (excluding diaryl/α,β-unsaturated/α-hetero) is 2. The summed E-state index contributed by atoms with van der Waals surface area (Å²) in [5.74, 6) is 2.57. The van der Waals surface area contributed by atoms with E-state index in [4.69, 9.17) is 14.9 Å². The van der Waals surface area contributed by atoms with E-state index < -0.39 is 45.3 Å². The maximum atomic E-state index is 13.8. The van der Waals surface area contributed by atoms with E-state index in [1.54, 1.807) is 30.4 Å². The SMILES string of the molecule is CCC(=O)O[C@]1(C(=O)SCC#N)CC[C@H]2[C@@H]3CCC4=Cc5c(cnn5-c5cccc(C(=O)CCCSC)c5)C[C@]4(C)[C@H]3[C@@H](O)C[C@@]21C.CSCCCC(=O)c1cccc(-n2ncc3c2C=C2CC[C@@H]4[C@H]([C@@H](O)C[C@@]5(C)[C@H]4CC[C@]5(O)C(=O)S)[C@@]2(C)C3)c1. The van der Waals surface area contributed by atoms with E-state index >= 15 is 0 Å². The summed E-state index contributed by atoms with van der Waals surface area (Å²) < 4.78 is 10.0. The topological polar surface area (TPSA) is 215 Å². The molecule has 12 rings (SSSR count). The van der Waals surface area contributed by atoms with E-state index in [1.165, 1.54) is 11.1 Å². The monoisotopic (exact) mass is 1260 g/mol. The second-order valence-electron chi connectivity index (χ2n) is 27.3. The maximum Gasteiger partial charge on any atom is 0.306 e. The molecule has 2 aromatic carbocycles. The summed E-state index contributed by atoms with van der Waals surface area (Å²) in [5, 5.41) is 53.3. The van der Waals surface area contributed by atoms with Crippen LogP contribution in [0.5, 0.6) is 0 Å². The number of aromatic nitrogens is 4. The lowest BCUT2D eigenvalue weighted by Crippen LogP contribution is -2.62. The van der Waals surface area contributed by atoms with E-state index in [2.05, 4.69) is 51.1 Å². The van der Waals surface area contributed by atoms with Gasteiger partial charge in [0.1, 0.15) is 5.60 Å². The summed E-state index contributed by atoms with van der Waals surface area (Å²) >= 11 is 8.52. The molecular weight excluding hydrogens is 1170 g/mol. The average Bonchev–Trinajstić information content (AvgIpc) is 1.66. The number of hydrogen-bond donors (Lipinski definition) is 4. The highest BCUT2D eigenvalue weighted by Crippen LogP contribution is 2.70. The molecule has 4 aromatic rings. The van der Waals surface area contributed by atoms with Gasteiger partial charge in [-0.1, -0.05) is 81.8 Å². The Morgan fingerprint density at radius 3 is 1.68 bits per heavy atom. The van der Waals surface area contributed by atoms with Crippen LogP contribution in [-0.4, -0.2) is 116 Å². The van der Waals surface area contributed by atoms with Gasteiger partial charge < -0.3 is 20.1 Å². The minimum Gasteiger partial charge on any atom is -0.449 e. The highest BCUT2D eigenvalue weighted by Gasteiger charge is 2.71. The van der Waals surface area contributed by atoms with E-state index in [0.29, 0.717) is 44.1 Å². The molecule has 0 radical (unpaired) electrons. The van der Waals surface area contributed by atoms with E-state index in [1.807, 2.05) is 90.2 Å². The Labute approximate surface area is 530 Å². The van der Waals surface area contributed by atoms with Crippen molar-refractivity contribution in [3.63, 3.8) is 0 Å². The Morgan fingerprint density at radius 1 is 0.724 bits per heavy atom. The van der Waals surface area contributed by atoms with Crippen LogP contribution in [0.15, 0.2) is 72.1 Å². The largest absolute Gasteiger partial charge is 0.449 e. The number of aliphatic hydroxyl groups excluding tert-OH is 2. The number of ketones is 2. The fourth-order valence-corrected chi connectivity index (χ4v) is 20.9. The second-order valence-corrected chi connectivity index (χ2v) is 30.6. The van der Waals surface area contributed by atoms with Crippen LogP contribution in [0.1, 0.15) is 174 Å². The second kappa shape index (κ2) is 24.8. The first-order valence-corrected chi connectivity index (χ1v) is 35.7. The highest BCUT2D eigenvalue weighted by molar-refractivity contribution is 8.14. The third kappa shape index (κ3) is 10.7. The van der Waals surface area contributed by atoms with Gasteiger partial charge in [0.05, 0.1) is 59.2 Å². The van der Waals surface area contributed by atoms with Gasteiger partial charge >= 0.3 is 5.97 Å². The summed E-state index contributed by atoms with van der Waals surface area (Å²) in [6, 6.07) is 17.6. The number of thioether (sulfide) groups is 3. The zero-order chi connectivity index (χ0) is 62.0. The molecule has 6 saturated carbocycles. The van der Waals surface area contributed by atoms with E-state index in [-0.39, 0.29) is 75.2 Å². The molecule has 0 saturated heterocycles. The van der Waals surface area contributed by atoms with E-state index in [9.17, 15) is 44.6 Å². The van der Waals surface area contributed by atoms with Crippen molar-refractivity contribution < 1.29 is 44.0 Å². The number of aliphatic hydroxyl groups is 3. The highest BCUT2D eigenvalue weighted by atomic mass is 32.2. The zero-order valence-corrected chi connectivity index (χ0v) is 54.7. The number of hydrogen-bond acceptors (Lipinski definition) is 15. The lowest BCUT2D eigenvalue weighted by molar-refractivity contribution is -0.196. The fourth-order valence-electron chi connectivity index (χ4n) is 18.8. The summed E-state index contributed by atoms with van der Waals surface area (Å²) in [7, 11) is 0. The van der Waals surface area contributed by atoms with Crippen molar-refractivity contribution in [1.29, 1.82) is 5.26 Å². The van der Waals surface area contributed by atoms with Crippen molar-refractivity contribution in [1.82, 2.24) is 19.6 Å². The summed E-state index contributed by atoms with van der Waals surface area (Å²) in [6.45, 7) is 10.3. The molecule has 0 spiro atoms. The molecule has 2 aromatic heterocycles. The summed E-state index contributed by atoms with van der Waals surface area (Å²) in [6.07, 6.45) is 22.5. The molecule has 0 unspecified atom stereocenters. The first kappa shape index (κ1) is 63.8. The lowest BCUT2D eigenvalue weighted by atomic mass is 9.45. The molecule has 0 bridgehead atoms. The Balaban J connectivity index is 0.000000182. The molecule has 14 nitrogen and oxygen atoms in total. The van der Waals surface area contributed by atoms with Crippen LogP contribution in [0.2, 0.25) is 0 Å². The molecule has 2 heterocycles. The number of fused-ring (bicyclic) bond motifs is 12. The molecule has 6 fully saturated rings. The number of benzene rings is 2. The molecule has 14 atom stereocenters. The molecule has 0 aliphatic heterocycles. The van der Waals surface area contributed by atoms with Gasteiger partial charge in [-0.3, -0.25) is 24.0 Å². The molecule has 8 aliphatic rings. The predicted octanol–water partition coefficient (Wildman–Crippen LogP) is 12.4. The number of nitrogens with zero attached hydrogens (tertiary/aromatic N) is 5. The molecule has 0 amide bonds. The third-order valence-electron chi connectivity index (χ3n) is 23.0. The third-order valence-corrected chi connectivity index (χ3v) is 25.6. The smallest absolute Gasteiger partial charge is 0.306 e. The van der Waals surface area contributed by atoms with E-state index in [0.717, 1.165) is 127 Å². The van der Waals surface area contributed by atoms with Crippen LogP contribution >= 0.6 is 47.9 Å². The first-order chi connectivity index (χ1) is 41.6. The minimum atomic E-state index is -1.48. The van der Waals surface area contributed by atoms with Crippen LogP contribution in [-0.2, 0) is 32.0 Å².